The fourth-order valence-electron chi connectivity index (χ4n) is 3.51. The molecule has 1 N–H and O–H groups in total. The van der Waals surface area contributed by atoms with Crippen LogP contribution in [0.15, 0.2) is 48.5 Å². The van der Waals surface area contributed by atoms with Crippen LogP contribution in [0.25, 0.3) is 0 Å². The molecule has 2 aromatic rings. The van der Waals surface area contributed by atoms with Crippen molar-refractivity contribution in [1.82, 2.24) is 9.62 Å². The molecule has 6 nitrogen and oxygen atoms in total. The number of rotatable bonds is 9. The fourth-order valence-corrected chi connectivity index (χ4v) is 5.87. The van der Waals surface area contributed by atoms with E-state index in [1.54, 1.807) is 18.2 Å². The lowest BCUT2D eigenvalue weighted by atomic mass is 9.99. The van der Waals surface area contributed by atoms with Gasteiger partial charge in [0.2, 0.25) is 15.9 Å². The molecule has 3 rings (SSSR count). The average Bonchev–Trinajstić information content (AvgIpc) is 2.77. The summed E-state index contributed by atoms with van der Waals surface area (Å²) in [6.45, 7) is 1.79. The highest BCUT2D eigenvalue weighted by atomic mass is 35.5. The first kappa shape index (κ1) is 24.0. The van der Waals surface area contributed by atoms with E-state index < -0.39 is 10.0 Å². The lowest BCUT2D eigenvalue weighted by Crippen LogP contribution is -2.46. The molecule has 0 radical (unpaired) electrons. The van der Waals surface area contributed by atoms with Crippen molar-refractivity contribution in [3.63, 3.8) is 0 Å². The predicted octanol–water partition coefficient (Wildman–Crippen LogP) is 3.87. The Balaban J connectivity index is 1.48. The zero-order valence-corrected chi connectivity index (χ0v) is 19.4. The van der Waals surface area contributed by atoms with Crippen LogP contribution in [-0.2, 0) is 31.9 Å². The van der Waals surface area contributed by atoms with Crippen molar-refractivity contribution in [2.24, 2.45) is 5.92 Å². The summed E-state index contributed by atoms with van der Waals surface area (Å²) >= 11 is 12.3. The van der Waals surface area contributed by atoms with Crippen LogP contribution in [0, 0.1) is 5.92 Å². The standard InChI is InChI=1S/C22H26Cl2N2O4S/c23-20-9-4-10-21(24)19(20)16-31(28,29)26-12-5-8-18(14-26)22(27)25-11-13-30-15-17-6-2-1-3-7-17/h1-4,6-7,9-10,18H,5,8,11-16H2,(H,25,27). The van der Waals surface area contributed by atoms with Crippen molar-refractivity contribution in [1.29, 1.82) is 0 Å². The maximum Gasteiger partial charge on any atom is 0.224 e. The maximum absolute atomic E-state index is 12.9. The second-order valence-electron chi connectivity index (χ2n) is 7.48. The predicted molar refractivity (Wildman–Crippen MR) is 122 cm³/mol. The number of carbonyl (C=O) groups excluding carboxylic acids is 1. The lowest BCUT2D eigenvalue weighted by molar-refractivity contribution is -0.126. The number of ether oxygens (including phenoxy) is 1. The summed E-state index contributed by atoms with van der Waals surface area (Å²) in [4.78, 5) is 12.5. The molecule has 1 aliphatic rings. The van der Waals surface area contributed by atoms with Gasteiger partial charge in [0.15, 0.2) is 0 Å². The number of sulfonamides is 1. The monoisotopic (exact) mass is 484 g/mol. The molecule has 1 heterocycles. The Hall–Kier alpha value is -1.64. The van der Waals surface area contributed by atoms with Crippen molar-refractivity contribution in [2.45, 2.75) is 25.2 Å². The number of nitrogens with zero attached hydrogens (tertiary/aromatic N) is 1. The number of hydrogen-bond acceptors (Lipinski definition) is 4. The zero-order chi connectivity index (χ0) is 22.3. The molecule has 9 heteroatoms. The summed E-state index contributed by atoms with van der Waals surface area (Å²) in [6.07, 6.45) is 1.27. The Labute approximate surface area is 193 Å². The van der Waals surface area contributed by atoms with Gasteiger partial charge in [0.25, 0.3) is 0 Å². The van der Waals surface area contributed by atoms with Gasteiger partial charge in [-0.15, -0.1) is 0 Å². The minimum absolute atomic E-state index is 0.154. The van der Waals surface area contributed by atoms with E-state index in [0.29, 0.717) is 54.8 Å². The molecule has 1 saturated heterocycles. The highest BCUT2D eigenvalue weighted by Gasteiger charge is 2.33. The first-order valence-electron chi connectivity index (χ1n) is 10.2. The third kappa shape index (κ3) is 6.92. The number of amides is 1. The highest BCUT2D eigenvalue weighted by Crippen LogP contribution is 2.29. The molecule has 0 aliphatic carbocycles. The van der Waals surface area contributed by atoms with Crippen molar-refractivity contribution in [2.75, 3.05) is 26.2 Å². The molecule has 168 valence electrons. The van der Waals surface area contributed by atoms with Gasteiger partial charge in [-0.2, -0.15) is 0 Å². The van der Waals surface area contributed by atoms with Crippen LogP contribution in [0.4, 0.5) is 0 Å². The third-order valence-electron chi connectivity index (χ3n) is 5.19. The van der Waals surface area contributed by atoms with Gasteiger partial charge in [0, 0.05) is 35.2 Å². The summed E-state index contributed by atoms with van der Waals surface area (Å²) < 4.78 is 32.8. The first-order chi connectivity index (χ1) is 14.9. The van der Waals surface area contributed by atoms with Gasteiger partial charge in [-0.3, -0.25) is 4.79 Å². The van der Waals surface area contributed by atoms with E-state index in [4.69, 9.17) is 27.9 Å². The number of piperidine rings is 1. The van der Waals surface area contributed by atoms with Crippen LogP contribution < -0.4 is 5.32 Å². The van der Waals surface area contributed by atoms with E-state index >= 15 is 0 Å². The van der Waals surface area contributed by atoms with Gasteiger partial charge >= 0.3 is 0 Å². The smallest absolute Gasteiger partial charge is 0.224 e. The Morgan fingerprint density at radius 2 is 1.81 bits per heavy atom. The number of benzene rings is 2. The van der Waals surface area contributed by atoms with Crippen LogP contribution in [0.3, 0.4) is 0 Å². The van der Waals surface area contributed by atoms with Crippen LogP contribution in [0.5, 0.6) is 0 Å². The van der Waals surface area contributed by atoms with Crippen LogP contribution in [0.1, 0.15) is 24.0 Å². The first-order valence-corrected chi connectivity index (χ1v) is 12.5. The molecule has 1 aliphatic heterocycles. The maximum atomic E-state index is 12.9. The highest BCUT2D eigenvalue weighted by molar-refractivity contribution is 7.88. The summed E-state index contributed by atoms with van der Waals surface area (Å²) in [5.41, 5.74) is 1.45. The summed E-state index contributed by atoms with van der Waals surface area (Å²) in [7, 11) is -3.65. The Kier molecular flexibility index (Phi) is 8.75. The topological polar surface area (TPSA) is 75.7 Å². The molecule has 1 unspecified atom stereocenters. The summed E-state index contributed by atoms with van der Waals surface area (Å²) in [5, 5.41) is 3.49. The largest absolute Gasteiger partial charge is 0.375 e. The molecule has 31 heavy (non-hydrogen) atoms. The number of nitrogens with one attached hydrogen (secondary N) is 1. The Morgan fingerprint density at radius 1 is 1.10 bits per heavy atom. The molecule has 1 atom stereocenters. The van der Waals surface area contributed by atoms with Crippen LogP contribution in [0.2, 0.25) is 10.0 Å². The van der Waals surface area contributed by atoms with Crippen molar-refractivity contribution in [3.05, 3.63) is 69.7 Å². The van der Waals surface area contributed by atoms with E-state index in [1.165, 1.54) is 4.31 Å². The molecular weight excluding hydrogens is 459 g/mol. The minimum atomic E-state index is -3.65. The van der Waals surface area contributed by atoms with Gasteiger partial charge in [-0.05, 0) is 30.5 Å². The molecular formula is C22H26Cl2N2O4S. The number of hydrogen-bond donors (Lipinski definition) is 1. The van der Waals surface area contributed by atoms with Crippen LogP contribution >= 0.6 is 23.2 Å². The Morgan fingerprint density at radius 3 is 2.52 bits per heavy atom. The molecule has 1 amide bonds. The molecule has 0 saturated carbocycles. The summed E-state index contributed by atoms with van der Waals surface area (Å²) in [6, 6.07) is 14.7. The van der Waals surface area contributed by atoms with Crippen molar-refractivity contribution >= 4 is 39.1 Å². The van der Waals surface area contributed by atoms with E-state index in [2.05, 4.69) is 5.32 Å². The summed E-state index contributed by atoms with van der Waals surface area (Å²) in [5.74, 6) is -0.828. The second kappa shape index (κ2) is 11.3. The van der Waals surface area contributed by atoms with E-state index in [0.717, 1.165) is 5.56 Å². The van der Waals surface area contributed by atoms with Crippen molar-refractivity contribution < 1.29 is 17.9 Å². The molecule has 0 bridgehead atoms. The SMILES string of the molecule is O=C(NCCOCc1ccccc1)C1CCCN(S(=O)(=O)Cc2c(Cl)cccc2Cl)C1. The van der Waals surface area contributed by atoms with Crippen molar-refractivity contribution in [3.8, 4) is 0 Å². The van der Waals surface area contributed by atoms with E-state index in [9.17, 15) is 13.2 Å². The van der Waals surface area contributed by atoms with Gasteiger partial charge in [0.1, 0.15) is 0 Å². The number of carbonyl (C=O) groups is 1. The van der Waals surface area contributed by atoms with Gasteiger partial charge in [-0.1, -0.05) is 59.6 Å². The normalized spacial score (nSPS) is 17.4. The van der Waals surface area contributed by atoms with Crippen LogP contribution in [-0.4, -0.2) is 44.9 Å². The quantitative estimate of drug-likeness (QED) is 0.548. The molecule has 0 spiro atoms. The van der Waals surface area contributed by atoms with E-state index in [1.807, 2.05) is 30.3 Å². The Bertz CT molecular complexity index is 966. The van der Waals surface area contributed by atoms with Gasteiger partial charge in [-0.25, -0.2) is 12.7 Å². The minimum Gasteiger partial charge on any atom is -0.375 e. The number of halogens is 2. The van der Waals surface area contributed by atoms with E-state index in [-0.39, 0.29) is 24.1 Å². The third-order valence-corrected chi connectivity index (χ3v) is 7.67. The molecule has 2 aromatic carbocycles. The fraction of sp³-hybridized carbons (Fsp3) is 0.409. The molecule has 0 aromatic heterocycles. The zero-order valence-electron chi connectivity index (χ0n) is 17.1. The molecule has 1 fully saturated rings. The second-order valence-corrected chi connectivity index (χ2v) is 10.3. The van der Waals surface area contributed by atoms with Gasteiger partial charge in [0.05, 0.1) is 24.9 Å². The lowest BCUT2D eigenvalue weighted by Gasteiger charge is -2.31. The average molecular weight is 485 g/mol. The van der Waals surface area contributed by atoms with Gasteiger partial charge < -0.3 is 10.1 Å².